The van der Waals surface area contributed by atoms with E-state index in [-0.39, 0.29) is 11.5 Å². The standard InChI is InChI=1S/C23H34O6/c1-22(2,20(26)27)12-7-5-9-17-16(10-11-18(24)19(17)25)8-4-3-6-13-23(14-15-23)21(28)29/h10-11,24-25H,3-9,12-15H2,1-2H3,(H,26,27)(H,28,29). The minimum atomic E-state index is -0.811. The lowest BCUT2D eigenvalue weighted by molar-refractivity contribution is -0.147. The molecule has 1 saturated carbocycles. The molecule has 162 valence electrons. The molecular weight excluding hydrogens is 372 g/mol. The summed E-state index contributed by atoms with van der Waals surface area (Å²) in [5.74, 6) is -1.70. The molecule has 0 spiro atoms. The molecule has 6 nitrogen and oxygen atoms in total. The smallest absolute Gasteiger partial charge is 0.309 e. The van der Waals surface area contributed by atoms with Crippen LogP contribution in [0, 0.1) is 10.8 Å². The summed E-state index contributed by atoms with van der Waals surface area (Å²) in [5, 5.41) is 38.6. The van der Waals surface area contributed by atoms with Gasteiger partial charge in [0, 0.05) is 5.56 Å². The van der Waals surface area contributed by atoms with Crippen molar-refractivity contribution < 1.29 is 30.0 Å². The third-order valence-corrected chi connectivity index (χ3v) is 6.32. The molecule has 0 unspecified atom stereocenters. The van der Waals surface area contributed by atoms with Gasteiger partial charge < -0.3 is 20.4 Å². The van der Waals surface area contributed by atoms with Crippen LogP contribution in [0.1, 0.15) is 82.8 Å². The Balaban J connectivity index is 1.84. The molecule has 0 saturated heterocycles. The molecule has 1 aliphatic rings. The molecule has 29 heavy (non-hydrogen) atoms. The Morgan fingerprint density at radius 3 is 2.21 bits per heavy atom. The number of carboxylic acids is 2. The molecule has 1 aromatic rings. The highest BCUT2D eigenvalue weighted by Gasteiger charge is 2.49. The van der Waals surface area contributed by atoms with Gasteiger partial charge >= 0.3 is 11.9 Å². The first-order valence-electron chi connectivity index (χ1n) is 10.6. The third-order valence-electron chi connectivity index (χ3n) is 6.32. The summed E-state index contributed by atoms with van der Waals surface area (Å²) >= 11 is 0. The van der Waals surface area contributed by atoms with E-state index in [1.807, 2.05) is 6.07 Å². The molecule has 0 bridgehead atoms. The summed E-state index contributed by atoms with van der Waals surface area (Å²) in [6.45, 7) is 3.42. The summed E-state index contributed by atoms with van der Waals surface area (Å²) in [5.41, 5.74) is 0.504. The van der Waals surface area contributed by atoms with Crippen LogP contribution in [-0.4, -0.2) is 32.4 Å². The number of unbranched alkanes of at least 4 members (excludes halogenated alkanes) is 3. The molecule has 0 heterocycles. The fourth-order valence-corrected chi connectivity index (χ4v) is 3.83. The zero-order valence-electron chi connectivity index (χ0n) is 17.5. The lowest BCUT2D eigenvalue weighted by atomic mass is 9.86. The number of benzene rings is 1. The van der Waals surface area contributed by atoms with Crippen LogP contribution in [0.2, 0.25) is 0 Å². The van der Waals surface area contributed by atoms with Crippen molar-refractivity contribution in [3.8, 4) is 11.5 Å². The Hall–Kier alpha value is -2.24. The van der Waals surface area contributed by atoms with E-state index < -0.39 is 22.8 Å². The van der Waals surface area contributed by atoms with Crippen molar-refractivity contribution in [2.75, 3.05) is 0 Å². The molecule has 0 aromatic heterocycles. The van der Waals surface area contributed by atoms with Gasteiger partial charge in [-0.05, 0) is 76.8 Å². The quantitative estimate of drug-likeness (QED) is 0.274. The Labute approximate surface area is 172 Å². The zero-order valence-corrected chi connectivity index (χ0v) is 17.5. The molecule has 2 rings (SSSR count). The first-order valence-corrected chi connectivity index (χ1v) is 10.6. The van der Waals surface area contributed by atoms with Gasteiger partial charge in [-0.15, -0.1) is 0 Å². The van der Waals surface area contributed by atoms with Gasteiger partial charge in [0.1, 0.15) is 0 Å². The van der Waals surface area contributed by atoms with E-state index in [0.29, 0.717) is 12.8 Å². The molecule has 1 fully saturated rings. The van der Waals surface area contributed by atoms with Gasteiger partial charge in [0.15, 0.2) is 11.5 Å². The second-order valence-electron chi connectivity index (χ2n) is 9.11. The summed E-state index contributed by atoms with van der Waals surface area (Å²) < 4.78 is 0. The maximum atomic E-state index is 11.2. The van der Waals surface area contributed by atoms with Crippen molar-refractivity contribution in [2.45, 2.75) is 84.5 Å². The Morgan fingerprint density at radius 2 is 1.62 bits per heavy atom. The molecule has 0 radical (unpaired) electrons. The SMILES string of the molecule is CC(C)(CCCCc1c(CCCCCC2(C(=O)O)CC2)ccc(O)c1O)C(=O)O. The largest absolute Gasteiger partial charge is 0.504 e. The van der Waals surface area contributed by atoms with Crippen molar-refractivity contribution in [1.82, 2.24) is 0 Å². The van der Waals surface area contributed by atoms with E-state index in [9.17, 15) is 30.0 Å². The van der Waals surface area contributed by atoms with E-state index >= 15 is 0 Å². The molecule has 1 aliphatic carbocycles. The Bertz CT molecular complexity index is 733. The number of carboxylic acid groups (broad SMARTS) is 2. The van der Waals surface area contributed by atoms with Crippen LogP contribution < -0.4 is 0 Å². The zero-order chi connectivity index (χ0) is 21.7. The summed E-state index contributed by atoms with van der Waals surface area (Å²) in [6, 6.07) is 3.34. The average molecular weight is 407 g/mol. The van der Waals surface area contributed by atoms with Gasteiger partial charge in [0.25, 0.3) is 0 Å². The number of aromatic hydroxyl groups is 2. The van der Waals surface area contributed by atoms with E-state index in [1.165, 1.54) is 6.07 Å². The van der Waals surface area contributed by atoms with Crippen molar-refractivity contribution in [3.05, 3.63) is 23.3 Å². The normalized spacial score (nSPS) is 15.2. The topological polar surface area (TPSA) is 115 Å². The number of aryl methyl sites for hydroxylation is 1. The van der Waals surface area contributed by atoms with Gasteiger partial charge in [-0.2, -0.15) is 0 Å². The molecular formula is C23H34O6. The van der Waals surface area contributed by atoms with E-state index in [1.54, 1.807) is 13.8 Å². The van der Waals surface area contributed by atoms with Crippen molar-refractivity contribution in [2.24, 2.45) is 10.8 Å². The van der Waals surface area contributed by atoms with Crippen molar-refractivity contribution >= 4 is 11.9 Å². The molecule has 0 atom stereocenters. The molecule has 0 aliphatic heterocycles. The third kappa shape index (κ3) is 6.12. The lowest BCUT2D eigenvalue weighted by Gasteiger charge is -2.19. The monoisotopic (exact) mass is 406 g/mol. The van der Waals surface area contributed by atoms with Crippen LogP contribution in [0.25, 0.3) is 0 Å². The second kappa shape index (κ2) is 9.51. The number of hydrogen-bond acceptors (Lipinski definition) is 4. The number of phenolic OH excluding ortho intramolecular Hbond substituents is 2. The maximum Gasteiger partial charge on any atom is 0.309 e. The highest BCUT2D eigenvalue weighted by Crippen LogP contribution is 2.50. The Morgan fingerprint density at radius 1 is 0.966 bits per heavy atom. The van der Waals surface area contributed by atoms with Crippen LogP contribution in [0.4, 0.5) is 0 Å². The van der Waals surface area contributed by atoms with Gasteiger partial charge in [0.2, 0.25) is 0 Å². The number of hydrogen-bond donors (Lipinski definition) is 4. The first kappa shape index (κ1) is 23.0. The van der Waals surface area contributed by atoms with E-state index in [4.69, 9.17) is 0 Å². The average Bonchev–Trinajstić information content (AvgIpc) is 3.44. The Kier molecular flexibility index (Phi) is 7.55. The number of phenols is 2. The molecule has 4 N–H and O–H groups in total. The predicted molar refractivity (Wildman–Crippen MR) is 110 cm³/mol. The van der Waals surface area contributed by atoms with Gasteiger partial charge in [-0.3, -0.25) is 9.59 Å². The number of rotatable bonds is 13. The maximum absolute atomic E-state index is 11.2. The van der Waals surface area contributed by atoms with Crippen LogP contribution in [0.5, 0.6) is 11.5 Å². The summed E-state index contributed by atoms with van der Waals surface area (Å²) in [7, 11) is 0. The number of carbonyl (C=O) groups is 2. The van der Waals surface area contributed by atoms with E-state index in [2.05, 4.69) is 0 Å². The molecule has 6 heteroatoms. The highest BCUT2D eigenvalue weighted by atomic mass is 16.4. The minimum absolute atomic E-state index is 0.0807. The van der Waals surface area contributed by atoms with Crippen LogP contribution in [0.3, 0.4) is 0 Å². The molecule has 0 amide bonds. The number of aliphatic carboxylic acids is 2. The van der Waals surface area contributed by atoms with Gasteiger partial charge in [-0.1, -0.05) is 25.3 Å². The summed E-state index contributed by atoms with van der Waals surface area (Å²) in [6.07, 6.45) is 8.41. The second-order valence-corrected chi connectivity index (χ2v) is 9.11. The van der Waals surface area contributed by atoms with Crippen molar-refractivity contribution in [1.29, 1.82) is 0 Å². The van der Waals surface area contributed by atoms with Gasteiger partial charge in [0.05, 0.1) is 10.8 Å². The van der Waals surface area contributed by atoms with Crippen molar-refractivity contribution in [3.63, 3.8) is 0 Å². The lowest BCUT2D eigenvalue weighted by Crippen LogP contribution is -2.23. The predicted octanol–water partition coefficient (Wildman–Crippen LogP) is 4.89. The van der Waals surface area contributed by atoms with Crippen LogP contribution in [0.15, 0.2) is 12.1 Å². The highest BCUT2D eigenvalue weighted by molar-refractivity contribution is 5.77. The van der Waals surface area contributed by atoms with Crippen LogP contribution in [-0.2, 0) is 22.4 Å². The minimum Gasteiger partial charge on any atom is -0.504 e. The summed E-state index contributed by atoms with van der Waals surface area (Å²) in [4.78, 5) is 22.4. The van der Waals surface area contributed by atoms with E-state index in [0.717, 1.165) is 68.9 Å². The van der Waals surface area contributed by atoms with Gasteiger partial charge in [-0.25, -0.2) is 0 Å². The van der Waals surface area contributed by atoms with Crippen LogP contribution >= 0.6 is 0 Å². The first-order chi connectivity index (χ1) is 13.6. The fraction of sp³-hybridized carbons (Fsp3) is 0.652. The molecule has 1 aromatic carbocycles. The fourth-order valence-electron chi connectivity index (χ4n) is 3.83.